The summed E-state index contributed by atoms with van der Waals surface area (Å²) in [5.74, 6) is -0.0395. The van der Waals surface area contributed by atoms with Crippen LogP contribution in [0.15, 0.2) is 95.1 Å². The number of hydrogen-bond acceptors (Lipinski definition) is 4. The molecule has 0 spiro atoms. The summed E-state index contributed by atoms with van der Waals surface area (Å²) in [6, 6.07) is 23.4. The van der Waals surface area contributed by atoms with Crippen molar-refractivity contribution in [3.63, 3.8) is 0 Å². The predicted molar refractivity (Wildman–Crippen MR) is 110 cm³/mol. The van der Waals surface area contributed by atoms with Crippen molar-refractivity contribution in [2.24, 2.45) is 4.99 Å². The number of amides is 1. The van der Waals surface area contributed by atoms with Crippen molar-refractivity contribution in [2.75, 3.05) is 0 Å². The Hall–Kier alpha value is -3.18. The van der Waals surface area contributed by atoms with Crippen molar-refractivity contribution in [2.45, 2.75) is 6.54 Å². The van der Waals surface area contributed by atoms with Gasteiger partial charge in [-0.3, -0.25) is 14.7 Å². The third kappa shape index (κ3) is 4.15. The fourth-order valence-corrected chi connectivity index (χ4v) is 3.72. The molecule has 1 aliphatic heterocycles. The second-order valence-electron chi connectivity index (χ2n) is 6.00. The van der Waals surface area contributed by atoms with E-state index in [-0.39, 0.29) is 5.91 Å². The highest BCUT2D eigenvalue weighted by Gasteiger charge is 2.33. The van der Waals surface area contributed by atoms with Crippen LogP contribution >= 0.6 is 11.8 Å². The molecule has 1 fully saturated rings. The highest BCUT2D eigenvalue weighted by Crippen LogP contribution is 2.35. The third-order valence-corrected chi connectivity index (χ3v) is 5.04. The van der Waals surface area contributed by atoms with Gasteiger partial charge in [0.1, 0.15) is 0 Å². The lowest BCUT2D eigenvalue weighted by atomic mass is 10.2. The topological polar surface area (TPSA) is 45.6 Å². The summed E-state index contributed by atoms with van der Waals surface area (Å²) in [4.78, 5) is 24.3. The molecule has 0 bridgehead atoms. The van der Waals surface area contributed by atoms with Crippen LogP contribution in [-0.4, -0.2) is 21.0 Å². The van der Waals surface area contributed by atoms with Crippen LogP contribution in [0.4, 0.5) is 5.69 Å². The molecule has 0 saturated carbocycles. The van der Waals surface area contributed by atoms with E-state index in [2.05, 4.69) is 4.98 Å². The number of nitrogens with zero attached hydrogens (tertiary/aromatic N) is 3. The maximum absolute atomic E-state index is 13.1. The van der Waals surface area contributed by atoms with Crippen LogP contribution in [0.1, 0.15) is 11.1 Å². The SMILES string of the molecule is O=C1/C(=C\c2cccnc2)SC(=Nc2ccccc2)N1Cc1ccccc1. The fraction of sp³-hybridized carbons (Fsp3) is 0.0455. The molecule has 2 heterocycles. The van der Waals surface area contributed by atoms with E-state index in [1.54, 1.807) is 17.3 Å². The second-order valence-corrected chi connectivity index (χ2v) is 7.01. The Kier molecular flexibility index (Phi) is 5.12. The van der Waals surface area contributed by atoms with Gasteiger partial charge in [-0.05, 0) is 47.2 Å². The third-order valence-electron chi connectivity index (χ3n) is 4.03. The predicted octanol–water partition coefficient (Wildman–Crippen LogP) is 4.89. The molecule has 1 saturated heterocycles. The lowest BCUT2D eigenvalue weighted by Gasteiger charge is -2.15. The zero-order valence-electron chi connectivity index (χ0n) is 14.5. The quantitative estimate of drug-likeness (QED) is 0.614. The van der Waals surface area contributed by atoms with Gasteiger partial charge in [-0.1, -0.05) is 54.6 Å². The lowest BCUT2D eigenvalue weighted by molar-refractivity contribution is -0.122. The number of aliphatic imine (C=N–C) groups is 1. The summed E-state index contributed by atoms with van der Waals surface area (Å²) in [6.07, 6.45) is 5.33. The number of hydrogen-bond donors (Lipinski definition) is 0. The van der Waals surface area contributed by atoms with Gasteiger partial charge in [0.25, 0.3) is 5.91 Å². The first kappa shape index (κ1) is 17.2. The molecule has 3 aromatic rings. The van der Waals surface area contributed by atoms with E-state index in [9.17, 15) is 4.79 Å². The molecule has 1 aliphatic rings. The Morgan fingerprint density at radius 1 is 0.963 bits per heavy atom. The molecule has 0 atom stereocenters. The van der Waals surface area contributed by atoms with Crippen LogP contribution in [0.3, 0.4) is 0 Å². The molecule has 1 aromatic heterocycles. The summed E-state index contributed by atoms with van der Waals surface area (Å²) in [5.41, 5.74) is 2.79. The van der Waals surface area contributed by atoms with Crippen LogP contribution in [0, 0.1) is 0 Å². The monoisotopic (exact) mass is 371 g/mol. The summed E-state index contributed by atoms with van der Waals surface area (Å²) in [7, 11) is 0. The van der Waals surface area contributed by atoms with Gasteiger partial charge in [0, 0.05) is 12.4 Å². The summed E-state index contributed by atoms with van der Waals surface area (Å²) in [6.45, 7) is 0.489. The normalized spacial score (nSPS) is 17.0. The molecule has 1 amide bonds. The van der Waals surface area contributed by atoms with Crippen LogP contribution in [0.25, 0.3) is 6.08 Å². The standard InChI is InChI=1S/C22H17N3OS/c26-21-20(14-18-10-7-13-23-15-18)27-22(24-19-11-5-2-6-12-19)25(21)16-17-8-3-1-4-9-17/h1-15H,16H2/b20-14+,24-22?. The first-order valence-electron chi connectivity index (χ1n) is 8.59. The smallest absolute Gasteiger partial charge is 0.267 e. The van der Waals surface area contributed by atoms with Crippen molar-refractivity contribution in [3.8, 4) is 0 Å². The van der Waals surface area contributed by atoms with E-state index >= 15 is 0 Å². The van der Waals surface area contributed by atoms with E-state index in [0.717, 1.165) is 16.8 Å². The van der Waals surface area contributed by atoms with E-state index in [1.165, 1.54) is 11.8 Å². The van der Waals surface area contributed by atoms with Gasteiger partial charge in [0.15, 0.2) is 5.17 Å². The Balaban J connectivity index is 1.69. The van der Waals surface area contributed by atoms with E-state index in [0.29, 0.717) is 16.6 Å². The van der Waals surface area contributed by atoms with Gasteiger partial charge in [-0.2, -0.15) is 0 Å². The van der Waals surface area contributed by atoms with E-state index < -0.39 is 0 Å². The van der Waals surface area contributed by atoms with E-state index in [1.807, 2.05) is 78.9 Å². The molecule has 0 aliphatic carbocycles. The first-order chi connectivity index (χ1) is 13.3. The van der Waals surface area contributed by atoms with Crippen molar-refractivity contribution >= 4 is 34.6 Å². The number of thioether (sulfide) groups is 1. The minimum Gasteiger partial charge on any atom is -0.282 e. The Morgan fingerprint density at radius 3 is 2.41 bits per heavy atom. The van der Waals surface area contributed by atoms with Crippen molar-refractivity contribution < 1.29 is 4.79 Å². The van der Waals surface area contributed by atoms with Gasteiger partial charge in [0.2, 0.25) is 0 Å². The molecule has 0 unspecified atom stereocenters. The summed E-state index contributed by atoms with van der Waals surface area (Å²) in [5, 5.41) is 0.685. The van der Waals surface area contributed by atoms with Crippen LogP contribution < -0.4 is 0 Å². The molecular formula is C22H17N3OS. The summed E-state index contributed by atoms with van der Waals surface area (Å²) >= 11 is 1.40. The number of rotatable bonds is 4. The molecule has 0 radical (unpaired) electrons. The van der Waals surface area contributed by atoms with Gasteiger partial charge >= 0.3 is 0 Å². The average Bonchev–Trinajstić information content (AvgIpc) is 2.99. The van der Waals surface area contributed by atoms with Gasteiger partial charge in [-0.25, -0.2) is 4.99 Å². The fourth-order valence-electron chi connectivity index (χ4n) is 2.72. The zero-order valence-corrected chi connectivity index (χ0v) is 15.3. The van der Waals surface area contributed by atoms with Gasteiger partial charge < -0.3 is 0 Å². The van der Waals surface area contributed by atoms with Crippen molar-refractivity contribution in [1.82, 2.24) is 9.88 Å². The van der Waals surface area contributed by atoms with Gasteiger partial charge in [-0.15, -0.1) is 0 Å². The molecule has 4 nitrogen and oxygen atoms in total. The Bertz CT molecular complexity index is 986. The van der Waals surface area contributed by atoms with Gasteiger partial charge in [0.05, 0.1) is 17.1 Å². The number of pyridine rings is 1. The number of carbonyl (C=O) groups is 1. The summed E-state index contributed by atoms with van der Waals surface area (Å²) < 4.78 is 0. The number of amidine groups is 1. The van der Waals surface area contributed by atoms with Crippen LogP contribution in [0.2, 0.25) is 0 Å². The highest BCUT2D eigenvalue weighted by atomic mass is 32.2. The number of benzene rings is 2. The van der Waals surface area contributed by atoms with Crippen LogP contribution in [-0.2, 0) is 11.3 Å². The number of carbonyl (C=O) groups excluding carboxylic acids is 1. The Labute approximate surface area is 162 Å². The van der Waals surface area contributed by atoms with Crippen LogP contribution in [0.5, 0.6) is 0 Å². The lowest BCUT2D eigenvalue weighted by Crippen LogP contribution is -2.28. The molecule has 2 aromatic carbocycles. The maximum Gasteiger partial charge on any atom is 0.267 e. The molecule has 5 heteroatoms. The number of aromatic nitrogens is 1. The van der Waals surface area contributed by atoms with E-state index in [4.69, 9.17) is 4.99 Å². The minimum atomic E-state index is -0.0395. The molecule has 132 valence electrons. The molecule has 4 rings (SSSR count). The second kappa shape index (κ2) is 8.01. The maximum atomic E-state index is 13.1. The Morgan fingerprint density at radius 2 is 1.70 bits per heavy atom. The first-order valence-corrected chi connectivity index (χ1v) is 9.40. The molecule has 0 N–H and O–H groups in total. The largest absolute Gasteiger partial charge is 0.282 e. The molecule has 27 heavy (non-hydrogen) atoms. The van der Waals surface area contributed by atoms with Crippen molar-refractivity contribution in [1.29, 1.82) is 0 Å². The average molecular weight is 371 g/mol. The highest BCUT2D eigenvalue weighted by molar-refractivity contribution is 8.18. The number of para-hydroxylation sites is 1. The van der Waals surface area contributed by atoms with Crippen molar-refractivity contribution in [3.05, 3.63) is 101 Å². The zero-order chi connectivity index (χ0) is 18.5. The molecular weight excluding hydrogens is 354 g/mol. The minimum absolute atomic E-state index is 0.0395.